The van der Waals surface area contributed by atoms with Crippen LogP contribution in [0.15, 0.2) is 61.3 Å². The van der Waals surface area contributed by atoms with Crippen LogP contribution in [0.2, 0.25) is 0 Å². The van der Waals surface area contributed by atoms with Gasteiger partial charge in [-0.15, -0.1) is 0 Å². The van der Waals surface area contributed by atoms with Crippen molar-refractivity contribution < 1.29 is 9.59 Å². The second-order valence-electron chi connectivity index (χ2n) is 9.61. The lowest BCUT2D eigenvalue weighted by Gasteiger charge is -2.32. The molecule has 2 aromatic heterocycles. The van der Waals surface area contributed by atoms with Crippen LogP contribution < -0.4 is 10.2 Å². The fourth-order valence-electron chi connectivity index (χ4n) is 4.31. The number of anilines is 1. The summed E-state index contributed by atoms with van der Waals surface area (Å²) in [6.07, 6.45) is 10.4. The predicted molar refractivity (Wildman–Crippen MR) is 128 cm³/mol. The van der Waals surface area contributed by atoms with Gasteiger partial charge < -0.3 is 10.3 Å². The molecule has 7 heteroatoms. The van der Waals surface area contributed by atoms with Gasteiger partial charge in [-0.25, -0.2) is 4.98 Å². The zero-order valence-corrected chi connectivity index (χ0v) is 19.4. The third kappa shape index (κ3) is 5.13. The van der Waals surface area contributed by atoms with E-state index in [0.717, 1.165) is 31.2 Å². The minimum atomic E-state index is -0.871. The van der Waals surface area contributed by atoms with Gasteiger partial charge in [-0.1, -0.05) is 51.8 Å². The van der Waals surface area contributed by atoms with Gasteiger partial charge in [0.1, 0.15) is 11.7 Å². The summed E-state index contributed by atoms with van der Waals surface area (Å²) in [4.78, 5) is 40.1. The lowest BCUT2D eigenvalue weighted by Crippen LogP contribution is -2.46. The fraction of sp³-hybridized carbons (Fsp3) is 0.385. The van der Waals surface area contributed by atoms with Gasteiger partial charge >= 0.3 is 0 Å². The first-order chi connectivity index (χ1) is 15.8. The minimum absolute atomic E-state index is 0.0296. The number of benzene rings is 1. The van der Waals surface area contributed by atoms with Crippen LogP contribution >= 0.6 is 0 Å². The van der Waals surface area contributed by atoms with Gasteiger partial charge in [0.2, 0.25) is 5.91 Å². The monoisotopic (exact) mass is 445 g/mol. The number of rotatable bonds is 6. The van der Waals surface area contributed by atoms with Crippen molar-refractivity contribution in [1.82, 2.24) is 20.3 Å². The predicted octanol–water partition coefficient (Wildman–Crippen LogP) is 4.55. The van der Waals surface area contributed by atoms with Gasteiger partial charge in [-0.3, -0.25) is 19.5 Å². The molecule has 1 atom stereocenters. The Bertz CT molecular complexity index is 1070. The van der Waals surface area contributed by atoms with Gasteiger partial charge in [-0.2, -0.15) is 0 Å². The van der Waals surface area contributed by atoms with Crippen molar-refractivity contribution in [2.45, 2.75) is 64.0 Å². The number of carbonyl (C=O) groups excluding carboxylic acids is 2. The zero-order valence-electron chi connectivity index (χ0n) is 19.4. The summed E-state index contributed by atoms with van der Waals surface area (Å²) in [5.41, 5.74) is 2.64. The van der Waals surface area contributed by atoms with Crippen molar-refractivity contribution in [1.29, 1.82) is 0 Å². The summed E-state index contributed by atoms with van der Waals surface area (Å²) in [5.74, 6) is -0.561. The maximum atomic E-state index is 13.7. The molecule has 1 unspecified atom stereocenters. The SMILES string of the molecule is CC(C)(C)c1ccc(N(C(=O)c2c[nH]cn2)C(C(=O)NC2CCCC2)c2cccnc2)cc1. The highest BCUT2D eigenvalue weighted by Crippen LogP contribution is 2.32. The Labute approximate surface area is 194 Å². The number of H-pyrrole nitrogens is 1. The van der Waals surface area contributed by atoms with E-state index in [1.807, 2.05) is 30.3 Å². The summed E-state index contributed by atoms with van der Waals surface area (Å²) in [6, 6.07) is 10.7. The van der Waals surface area contributed by atoms with Gasteiger partial charge in [0, 0.05) is 35.9 Å². The van der Waals surface area contributed by atoms with E-state index in [1.54, 1.807) is 24.7 Å². The molecule has 1 saturated carbocycles. The smallest absolute Gasteiger partial charge is 0.279 e. The molecule has 0 aliphatic heterocycles. The second kappa shape index (κ2) is 9.57. The first kappa shape index (κ1) is 22.7. The van der Waals surface area contributed by atoms with Gasteiger partial charge in [-0.05, 0) is 42.0 Å². The van der Waals surface area contributed by atoms with Crippen LogP contribution in [0.5, 0.6) is 0 Å². The highest BCUT2D eigenvalue weighted by atomic mass is 16.2. The Morgan fingerprint density at radius 1 is 1.12 bits per heavy atom. The van der Waals surface area contributed by atoms with Gasteiger partial charge in [0.25, 0.3) is 5.91 Å². The van der Waals surface area contributed by atoms with Crippen LogP contribution in [-0.4, -0.2) is 32.8 Å². The van der Waals surface area contributed by atoms with Gasteiger partial charge in [0.05, 0.1) is 6.33 Å². The summed E-state index contributed by atoms with van der Waals surface area (Å²) < 4.78 is 0. The Hall–Kier alpha value is -3.48. The Balaban J connectivity index is 1.79. The standard InChI is InChI=1S/C26H31N5O2/c1-26(2,3)19-10-12-21(13-11-19)31(25(33)22-16-28-17-29-22)23(18-7-6-14-27-15-18)24(32)30-20-8-4-5-9-20/h6-7,10-17,20,23H,4-5,8-9H2,1-3H3,(H,28,29)(H,30,32). The fourth-order valence-corrected chi connectivity index (χ4v) is 4.31. The molecule has 1 fully saturated rings. The normalized spacial score (nSPS) is 15.2. The van der Waals surface area contributed by atoms with Crippen LogP contribution in [0.25, 0.3) is 0 Å². The topological polar surface area (TPSA) is 91.0 Å². The molecule has 3 aromatic rings. The summed E-state index contributed by atoms with van der Waals surface area (Å²) >= 11 is 0. The number of hydrogen-bond acceptors (Lipinski definition) is 4. The third-order valence-electron chi connectivity index (χ3n) is 6.16. The summed E-state index contributed by atoms with van der Waals surface area (Å²) in [5, 5.41) is 3.17. The first-order valence-corrected chi connectivity index (χ1v) is 11.5. The number of aromatic amines is 1. The molecule has 7 nitrogen and oxygen atoms in total. The number of pyridine rings is 1. The van der Waals surface area contributed by atoms with Crippen LogP contribution in [0.1, 0.15) is 74.1 Å². The Kier molecular flexibility index (Phi) is 6.58. The van der Waals surface area contributed by atoms with Crippen LogP contribution in [0.3, 0.4) is 0 Å². The van der Waals surface area contributed by atoms with E-state index in [9.17, 15) is 9.59 Å². The molecule has 1 aromatic carbocycles. The van der Waals surface area contributed by atoms with E-state index in [0.29, 0.717) is 11.3 Å². The summed E-state index contributed by atoms with van der Waals surface area (Å²) in [6.45, 7) is 6.42. The average Bonchev–Trinajstić information content (AvgIpc) is 3.51. The molecule has 0 radical (unpaired) electrons. The molecule has 33 heavy (non-hydrogen) atoms. The molecule has 1 aliphatic carbocycles. The Morgan fingerprint density at radius 3 is 2.42 bits per heavy atom. The number of aromatic nitrogens is 3. The van der Waals surface area contributed by atoms with E-state index >= 15 is 0 Å². The van der Waals surface area contributed by atoms with Crippen molar-refractivity contribution in [2.24, 2.45) is 0 Å². The number of nitrogens with one attached hydrogen (secondary N) is 2. The van der Waals surface area contributed by atoms with Crippen LogP contribution in [-0.2, 0) is 10.2 Å². The summed E-state index contributed by atoms with van der Waals surface area (Å²) in [7, 11) is 0. The zero-order chi connectivity index (χ0) is 23.4. The lowest BCUT2D eigenvalue weighted by atomic mass is 9.87. The van der Waals surface area contributed by atoms with Crippen molar-refractivity contribution in [3.8, 4) is 0 Å². The average molecular weight is 446 g/mol. The molecular weight excluding hydrogens is 414 g/mol. The van der Waals surface area contributed by atoms with Crippen LogP contribution in [0.4, 0.5) is 5.69 Å². The van der Waals surface area contributed by atoms with Crippen molar-refractivity contribution >= 4 is 17.5 Å². The largest absolute Gasteiger partial charge is 0.351 e. The molecule has 2 N–H and O–H groups in total. The molecule has 0 bridgehead atoms. The molecule has 0 spiro atoms. The molecule has 172 valence electrons. The van der Waals surface area contributed by atoms with E-state index in [4.69, 9.17) is 0 Å². The van der Waals surface area contributed by atoms with Crippen LogP contribution in [0, 0.1) is 0 Å². The third-order valence-corrected chi connectivity index (χ3v) is 6.16. The number of amides is 2. The van der Waals surface area contributed by atoms with E-state index in [1.165, 1.54) is 11.2 Å². The second-order valence-corrected chi connectivity index (χ2v) is 9.61. The molecule has 2 heterocycles. The quantitative estimate of drug-likeness (QED) is 0.582. The van der Waals surface area contributed by atoms with Gasteiger partial charge in [0.15, 0.2) is 0 Å². The van der Waals surface area contributed by atoms with Crippen molar-refractivity contribution in [3.05, 3.63) is 78.1 Å². The van der Waals surface area contributed by atoms with Crippen molar-refractivity contribution in [3.63, 3.8) is 0 Å². The minimum Gasteiger partial charge on any atom is -0.351 e. The highest BCUT2D eigenvalue weighted by molar-refractivity contribution is 6.09. The molecule has 2 amide bonds. The molecule has 4 rings (SSSR count). The van der Waals surface area contributed by atoms with Crippen molar-refractivity contribution in [2.75, 3.05) is 4.90 Å². The molecular formula is C26H31N5O2. The van der Waals surface area contributed by atoms with E-state index < -0.39 is 6.04 Å². The number of imidazole rings is 1. The lowest BCUT2D eigenvalue weighted by molar-refractivity contribution is -0.123. The maximum Gasteiger partial charge on any atom is 0.279 e. The Morgan fingerprint density at radius 2 is 1.85 bits per heavy atom. The number of nitrogens with zero attached hydrogens (tertiary/aromatic N) is 3. The highest BCUT2D eigenvalue weighted by Gasteiger charge is 2.35. The first-order valence-electron chi connectivity index (χ1n) is 11.5. The van der Waals surface area contributed by atoms with E-state index in [2.05, 4.69) is 41.0 Å². The number of hydrogen-bond donors (Lipinski definition) is 2. The number of carbonyl (C=O) groups is 2. The molecule has 1 aliphatic rings. The molecule has 0 saturated heterocycles. The maximum absolute atomic E-state index is 13.7. The van der Waals surface area contributed by atoms with E-state index in [-0.39, 0.29) is 29.0 Å².